The summed E-state index contributed by atoms with van der Waals surface area (Å²) in [5.41, 5.74) is 4.30. The molecule has 4 rings (SSSR count). The molecule has 4 nitrogen and oxygen atoms in total. The zero-order valence-corrected chi connectivity index (χ0v) is 17.7. The molecule has 2 aromatic rings. The van der Waals surface area contributed by atoms with Gasteiger partial charge in [0.15, 0.2) is 10.3 Å². The van der Waals surface area contributed by atoms with Crippen LogP contribution in [0.25, 0.3) is 24.3 Å². The van der Waals surface area contributed by atoms with E-state index in [1.165, 1.54) is 0 Å². The molecule has 0 aromatic carbocycles. The lowest BCUT2D eigenvalue weighted by Crippen LogP contribution is -2.00. The topological polar surface area (TPSA) is 57.4 Å². The molecule has 0 radical (unpaired) electrons. The number of nitrogens with zero attached hydrogens (tertiary/aromatic N) is 2. The molecular weight excluding hydrogens is 372 g/mol. The van der Waals surface area contributed by atoms with Gasteiger partial charge in [-0.1, -0.05) is 75.5 Å². The van der Waals surface area contributed by atoms with Crippen molar-refractivity contribution in [2.45, 2.75) is 38.0 Å². The van der Waals surface area contributed by atoms with Crippen LogP contribution >= 0.6 is 23.5 Å². The van der Waals surface area contributed by atoms with Crippen molar-refractivity contribution in [3.05, 3.63) is 47.1 Å². The quantitative estimate of drug-likeness (QED) is 0.484. The molecule has 27 heavy (non-hydrogen) atoms. The Bertz CT molecular complexity index is 825. The molecule has 0 saturated carbocycles. The Morgan fingerprint density at radius 3 is 1.56 bits per heavy atom. The summed E-state index contributed by atoms with van der Waals surface area (Å²) < 4.78 is 0. The smallest absolute Gasteiger partial charge is 0.167 e. The number of fused-ring (bicyclic) bond motifs is 2. The van der Waals surface area contributed by atoms with E-state index >= 15 is 0 Å². The summed E-state index contributed by atoms with van der Waals surface area (Å²) in [4.78, 5) is 16.2. The number of rotatable bonds is 4. The molecule has 0 bridgehead atoms. The van der Waals surface area contributed by atoms with Gasteiger partial charge in [0.1, 0.15) is 0 Å². The fraction of sp³-hybridized carbons (Fsp3) is 0.333. The first-order valence-corrected chi connectivity index (χ1v) is 11.0. The second-order valence-electron chi connectivity index (χ2n) is 8.06. The maximum Gasteiger partial charge on any atom is 0.167 e. The van der Waals surface area contributed by atoms with E-state index in [1.807, 2.05) is 0 Å². The summed E-state index contributed by atoms with van der Waals surface area (Å²) in [6, 6.07) is 0. The number of H-pyrrole nitrogens is 2. The zero-order valence-electron chi connectivity index (χ0n) is 16.0. The Morgan fingerprint density at radius 1 is 0.704 bits per heavy atom. The number of hydrogen-bond donors (Lipinski definition) is 2. The number of nitrogens with one attached hydrogen (secondary N) is 2. The second-order valence-corrected chi connectivity index (χ2v) is 10.4. The minimum Gasteiger partial charge on any atom is -0.333 e. The average Bonchev–Trinajstić information content (AvgIpc) is 3.11. The molecule has 2 N–H and O–H groups in total. The van der Waals surface area contributed by atoms with Gasteiger partial charge in [0.2, 0.25) is 0 Å². The summed E-state index contributed by atoms with van der Waals surface area (Å²) >= 11 is 3.40. The van der Waals surface area contributed by atoms with E-state index < -0.39 is 0 Å². The molecule has 140 valence electrons. The second kappa shape index (κ2) is 6.91. The highest BCUT2D eigenvalue weighted by Crippen LogP contribution is 2.32. The van der Waals surface area contributed by atoms with Crippen molar-refractivity contribution in [3.8, 4) is 0 Å². The van der Waals surface area contributed by atoms with Gasteiger partial charge in [0.25, 0.3) is 0 Å². The Kier molecular flexibility index (Phi) is 4.72. The molecule has 0 spiro atoms. The van der Waals surface area contributed by atoms with E-state index in [9.17, 15) is 0 Å². The summed E-state index contributed by atoms with van der Waals surface area (Å²) in [6.07, 6.45) is 17.3. The number of aromatic nitrogens is 4. The summed E-state index contributed by atoms with van der Waals surface area (Å²) in [7, 11) is 0. The molecule has 2 aliphatic rings. The van der Waals surface area contributed by atoms with Gasteiger partial charge in [-0.05, 0) is 24.3 Å². The fourth-order valence-electron chi connectivity index (χ4n) is 2.83. The van der Waals surface area contributed by atoms with Crippen molar-refractivity contribution in [3.63, 3.8) is 0 Å². The van der Waals surface area contributed by atoms with Crippen LogP contribution in [0.2, 0.25) is 0 Å². The van der Waals surface area contributed by atoms with Crippen molar-refractivity contribution in [1.29, 1.82) is 0 Å². The number of thioether (sulfide) groups is 2. The van der Waals surface area contributed by atoms with Gasteiger partial charge < -0.3 is 9.97 Å². The summed E-state index contributed by atoms with van der Waals surface area (Å²) in [5, 5.41) is 2.73. The van der Waals surface area contributed by atoms with Gasteiger partial charge in [-0.25, -0.2) is 9.97 Å². The summed E-state index contributed by atoms with van der Waals surface area (Å²) in [5.74, 6) is 0. The monoisotopic (exact) mass is 396 g/mol. The van der Waals surface area contributed by atoms with Gasteiger partial charge in [-0.3, -0.25) is 0 Å². The normalized spacial score (nSPS) is 18.8. The number of aromatic amines is 2. The lowest BCUT2D eigenvalue weighted by Gasteiger charge is -2.12. The van der Waals surface area contributed by atoms with Gasteiger partial charge in [0.05, 0.1) is 27.9 Å². The molecule has 2 aliphatic carbocycles. The van der Waals surface area contributed by atoms with Crippen LogP contribution in [-0.4, -0.2) is 25.0 Å². The zero-order chi connectivity index (χ0) is 19.1. The molecule has 2 heterocycles. The third kappa shape index (κ3) is 4.33. The average molecular weight is 397 g/mol. The predicted molar refractivity (Wildman–Crippen MR) is 117 cm³/mol. The number of hydrogen-bond acceptors (Lipinski definition) is 4. The van der Waals surface area contributed by atoms with Crippen LogP contribution in [0.4, 0.5) is 0 Å². The Morgan fingerprint density at radius 2 is 1.11 bits per heavy atom. The first-order chi connectivity index (χ1) is 12.8. The van der Waals surface area contributed by atoms with E-state index in [1.54, 1.807) is 23.5 Å². The first-order valence-electron chi connectivity index (χ1n) is 9.02. The maximum atomic E-state index is 4.70. The van der Waals surface area contributed by atoms with Gasteiger partial charge >= 0.3 is 0 Å². The van der Waals surface area contributed by atoms with E-state index in [4.69, 9.17) is 9.97 Å². The largest absolute Gasteiger partial charge is 0.333 e. The molecule has 2 aromatic heterocycles. The van der Waals surface area contributed by atoms with Crippen LogP contribution in [0.3, 0.4) is 0 Å². The molecule has 0 aliphatic heterocycles. The maximum absolute atomic E-state index is 4.70. The standard InChI is InChI=1S/C21H24N4S2/c1-20(2)9-5-14-15(6-10-20)23-18(22-14)26-13-27-19-24-16-7-11-21(3,4)12-8-17(16)25-19/h5-12H,13H2,1-4H3,(H,22,23)(H,24,25). The lowest BCUT2D eigenvalue weighted by atomic mass is 9.93. The molecular formula is C21H24N4S2. The van der Waals surface area contributed by atoms with Gasteiger partial charge in [0, 0.05) is 10.8 Å². The van der Waals surface area contributed by atoms with Crippen molar-refractivity contribution in [2.24, 2.45) is 10.8 Å². The van der Waals surface area contributed by atoms with Crippen LogP contribution in [0.15, 0.2) is 34.6 Å². The van der Waals surface area contributed by atoms with Crippen LogP contribution in [0.1, 0.15) is 50.5 Å². The molecule has 6 heteroatoms. The molecule has 0 unspecified atom stereocenters. The molecule has 0 fully saturated rings. The minimum absolute atomic E-state index is 0.0695. The lowest BCUT2D eigenvalue weighted by molar-refractivity contribution is 0.633. The van der Waals surface area contributed by atoms with Crippen molar-refractivity contribution >= 4 is 47.8 Å². The van der Waals surface area contributed by atoms with Crippen LogP contribution < -0.4 is 0 Å². The highest BCUT2D eigenvalue weighted by Gasteiger charge is 2.17. The van der Waals surface area contributed by atoms with Crippen molar-refractivity contribution in [2.75, 3.05) is 5.08 Å². The Hall–Kier alpha value is -1.92. The van der Waals surface area contributed by atoms with E-state index in [2.05, 4.69) is 86.3 Å². The Labute approximate surface area is 168 Å². The van der Waals surface area contributed by atoms with E-state index in [0.29, 0.717) is 0 Å². The van der Waals surface area contributed by atoms with E-state index in [0.717, 1.165) is 38.2 Å². The third-order valence-electron chi connectivity index (χ3n) is 4.57. The highest BCUT2D eigenvalue weighted by atomic mass is 32.2. The number of imidazole rings is 2. The first kappa shape index (κ1) is 18.4. The van der Waals surface area contributed by atoms with Crippen LogP contribution in [-0.2, 0) is 0 Å². The molecule has 0 amide bonds. The third-order valence-corrected chi connectivity index (χ3v) is 6.45. The Balaban J connectivity index is 1.39. The highest BCUT2D eigenvalue weighted by molar-refractivity contribution is 8.15. The van der Waals surface area contributed by atoms with Crippen molar-refractivity contribution < 1.29 is 0 Å². The predicted octanol–water partition coefficient (Wildman–Crippen LogP) is 6.11. The molecule has 0 atom stereocenters. The van der Waals surface area contributed by atoms with Gasteiger partial charge in [-0.2, -0.15) is 0 Å². The fourth-order valence-corrected chi connectivity index (χ4v) is 4.65. The summed E-state index contributed by atoms with van der Waals surface area (Å²) in [6.45, 7) is 8.76. The van der Waals surface area contributed by atoms with Crippen LogP contribution in [0, 0.1) is 10.8 Å². The minimum atomic E-state index is 0.0695. The van der Waals surface area contributed by atoms with E-state index in [-0.39, 0.29) is 10.8 Å². The number of allylic oxidation sites excluding steroid dienone is 4. The van der Waals surface area contributed by atoms with Gasteiger partial charge in [-0.15, -0.1) is 0 Å². The van der Waals surface area contributed by atoms with Crippen LogP contribution in [0.5, 0.6) is 0 Å². The van der Waals surface area contributed by atoms with Crippen molar-refractivity contribution in [1.82, 2.24) is 19.9 Å². The molecule has 0 saturated heterocycles. The SMILES string of the molecule is CC1(C)C=Cc2nc(SCSc3nc4c([nH]3)C=CC(C)(C)C=C4)[nH]c2C=C1.